The second kappa shape index (κ2) is 14.8. The quantitative estimate of drug-likeness (QED) is 0.0582. The molecule has 0 saturated carbocycles. The van der Waals surface area contributed by atoms with Gasteiger partial charge in [0.2, 0.25) is 0 Å². The Kier molecular flexibility index (Phi) is 9.84. The van der Waals surface area contributed by atoms with Gasteiger partial charge in [0.05, 0.1) is 0 Å². The molecule has 14 nitrogen and oxygen atoms in total. The van der Waals surface area contributed by atoms with E-state index < -0.39 is 23.0 Å². The highest BCUT2D eigenvalue weighted by Crippen LogP contribution is 2.78. The van der Waals surface area contributed by atoms with E-state index in [-0.39, 0.29) is 0 Å². The van der Waals surface area contributed by atoms with Gasteiger partial charge in [-0.1, -0.05) is 31.7 Å². The van der Waals surface area contributed by atoms with E-state index >= 15 is 0 Å². The first kappa shape index (κ1) is 35.2. The van der Waals surface area contributed by atoms with Gasteiger partial charge in [-0.25, -0.2) is 0 Å². The molecule has 0 aromatic heterocycles. The van der Waals surface area contributed by atoms with Crippen molar-refractivity contribution in [2.75, 3.05) is 28.7 Å². The zero-order chi connectivity index (χ0) is 36.9. The predicted molar refractivity (Wildman–Crippen MR) is 213 cm³/mol. The molecule has 6 aromatic rings. The molecule has 0 radical (unpaired) electrons. The van der Waals surface area contributed by atoms with Gasteiger partial charge < -0.3 is 55.8 Å². The maximum Gasteiger partial charge on any atom is 0.460 e. The summed E-state index contributed by atoms with van der Waals surface area (Å²) in [5, 5.41) is 0. The second-order valence-corrected chi connectivity index (χ2v) is 17.6. The molecule has 0 aliphatic carbocycles. The predicted octanol–water partition coefficient (Wildman–Crippen LogP) is 10.2. The van der Waals surface area contributed by atoms with Gasteiger partial charge in [-0.05, 0) is 133 Å². The topological polar surface area (TPSA) is 223 Å². The zero-order valence-corrected chi connectivity index (χ0v) is 30.6. The van der Waals surface area contributed by atoms with Crippen LogP contribution in [0.5, 0.6) is 34.5 Å². The molecule has 1 aliphatic heterocycles. The monoisotopic (exact) mass is 768 g/mol. The number of anilines is 5. The van der Waals surface area contributed by atoms with Crippen LogP contribution in [0.15, 0.2) is 165 Å². The minimum atomic E-state index is -4.08. The summed E-state index contributed by atoms with van der Waals surface area (Å²) in [5.74, 6) is 1.98. The van der Waals surface area contributed by atoms with E-state index in [1.54, 1.807) is 146 Å². The fourth-order valence-corrected chi connectivity index (χ4v) is 13.8. The third-order valence-electron chi connectivity index (χ3n) is 7.17. The van der Waals surface area contributed by atoms with Crippen molar-refractivity contribution in [3.63, 3.8) is 0 Å². The molecule has 0 bridgehead atoms. The number of hydrogen-bond donors (Lipinski definition) is 5. The van der Waals surface area contributed by atoms with Gasteiger partial charge in [0.15, 0.2) is 0 Å². The number of nitrogen functional groups attached to an aromatic ring is 5. The van der Waals surface area contributed by atoms with E-state index in [1.807, 2.05) is 6.07 Å². The van der Waals surface area contributed by atoms with Crippen molar-refractivity contribution in [2.24, 2.45) is 13.5 Å². The Bertz CT molecular complexity index is 2160. The maximum absolute atomic E-state index is 6.74. The molecule has 6 aromatic carbocycles. The highest BCUT2D eigenvalue weighted by atomic mass is 31.3. The Morgan fingerprint density at radius 2 is 0.453 bits per heavy atom. The van der Waals surface area contributed by atoms with Crippen molar-refractivity contribution >= 4 is 51.4 Å². The first-order valence-electron chi connectivity index (χ1n) is 16.0. The molecule has 17 heteroatoms. The van der Waals surface area contributed by atoms with Crippen LogP contribution < -0.4 is 55.8 Å². The first-order valence-corrected chi connectivity index (χ1v) is 20.6. The van der Waals surface area contributed by atoms with E-state index in [0.717, 1.165) is 0 Å². The molecule has 0 fully saturated rings. The van der Waals surface area contributed by atoms with E-state index in [2.05, 4.69) is 0 Å². The van der Waals surface area contributed by atoms with Gasteiger partial charge in [0, 0.05) is 28.4 Å². The van der Waals surface area contributed by atoms with Gasteiger partial charge in [0.25, 0.3) is 0 Å². The average molecular weight is 769 g/mol. The summed E-state index contributed by atoms with van der Waals surface area (Å²) in [5.41, 5.74) is 32.8. The fourth-order valence-electron chi connectivity index (χ4n) is 4.71. The minimum absolute atomic E-state index is 0.320. The number of hydrogen-bond acceptors (Lipinski definition) is 14. The lowest BCUT2D eigenvalue weighted by molar-refractivity contribution is 0.443. The third kappa shape index (κ3) is 8.83. The van der Waals surface area contributed by atoms with Crippen LogP contribution in [0.25, 0.3) is 0 Å². The van der Waals surface area contributed by atoms with Crippen LogP contribution in [0, 0.1) is 0 Å². The van der Waals surface area contributed by atoms with Crippen molar-refractivity contribution in [3.8, 4) is 34.5 Å². The van der Waals surface area contributed by atoms with Crippen molar-refractivity contribution in [3.05, 3.63) is 152 Å². The van der Waals surface area contributed by atoms with Crippen LogP contribution >= 0.6 is 23.0 Å². The Morgan fingerprint density at radius 3 is 0.660 bits per heavy atom. The summed E-state index contributed by atoms with van der Waals surface area (Å²) in [7, 11) is -12.2. The lowest BCUT2D eigenvalue weighted by Crippen LogP contribution is -2.11. The molecule has 1 atom stereocenters. The van der Waals surface area contributed by atoms with E-state index in [1.165, 1.54) is 0 Å². The Morgan fingerprint density at radius 1 is 0.264 bits per heavy atom. The van der Waals surface area contributed by atoms with Crippen LogP contribution in [0.4, 0.5) is 28.4 Å². The lowest BCUT2D eigenvalue weighted by atomic mass is 10.3. The molecule has 0 saturated heterocycles. The summed E-state index contributed by atoms with van der Waals surface area (Å²) in [6.45, 7) is 0. The van der Waals surface area contributed by atoms with Gasteiger partial charge in [-0.2, -0.15) is 0 Å². The molecule has 0 spiro atoms. The van der Waals surface area contributed by atoms with E-state index in [9.17, 15) is 0 Å². The number of nitrogens with two attached hydrogens (primary N) is 5. The molecule has 0 amide bonds. The van der Waals surface area contributed by atoms with Crippen molar-refractivity contribution in [1.29, 1.82) is 0 Å². The lowest BCUT2D eigenvalue weighted by Gasteiger charge is -2.33. The standard InChI is InChI=1S/C36H35N8O6P3/c37-26-6-16-32(17-7-26)46-51(45-31-4-2-1-3-5-31)42-52(47-33-18-8-27(38)9-19-33,48-34-20-10-28(39)11-21-34)44-53(43-51,49-35-22-12-29(40)13-23-35)50-36-24-14-30(41)15-25-36/h1-25H,37-41H2. The van der Waals surface area contributed by atoms with Crippen molar-refractivity contribution in [1.82, 2.24) is 0 Å². The number of nitrogens with zero attached hydrogens (tertiary/aromatic N) is 3. The van der Waals surface area contributed by atoms with Crippen LogP contribution in [-0.4, -0.2) is 0 Å². The molecule has 7 rings (SSSR count). The molecule has 53 heavy (non-hydrogen) atoms. The Labute approximate surface area is 306 Å². The van der Waals surface area contributed by atoms with Crippen molar-refractivity contribution in [2.45, 2.75) is 0 Å². The summed E-state index contributed by atoms with van der Waals surface area (Å²) >= 11 is 0. The van der Waals surface area contributed by atoms with Gasteiger partial charge in [-0.3, -0.25) is 0 Å². The normalized spacial score (nSPS) is 16.8. The molecular formula is C36H35N8O6P3. The molecule has 10 N–H and O–H groups in total. The van der Waals surface area contributed by atoms with Crippen LogP contribution in [0.3, 0.4) is 0 Å². The van der Waals surface area contributed by atoms with E-state index in [0.29, 0.717) is 62.9 Å². The van der Waals surface area contributed by atoms with Crippen LogP contribution in [-0.2, 0) is 0 Å². The van der Waals surface area contributed by atoms with E-state index in [4.69, 9.17) is 69.4 Å². The molecule has 270 valence electrons. The minimum Gasteiger partial charge on any atom is -0.413 e. The summed E-state index contributed by atoms with van der Waals surface area (Å²) in [6, 6.07) is 42.4. The average Bonchev–Trinajstić information content (AvgIpc) is 3.13. The van der Waals surface area contributed by atoms with Gasteiger partial charge in [-0.15, -0.1) is 0 Å². The summed E-state index contributed by atoms with van der Waals surface area (Å²) < 4.78 is 55.8. The third-order valence-corrected chi connectivity index (χ3v) is 15.3. The summed E-state index contributed by atoms with van der Waals surface area (Å²) in [6.07, 6.45) is 0. The highest BCUT2D eigenvalue weighted by Gasteiger charge is 2.49. The number of rotatable bonds is 12. The summed E-state index contributed by atoms with van der Waals surface area (Å²) in [4.78, 5) is 0. The Balaban J connectivity index is 1.56. The van der Waals surface area contributed by atoms with Crippen LogP contribution in [0.1, 0.15) is 0 Å². The van der Waals surface area contributed by atoms with Crippen molar-refractivity contribution < 1.29 is 27.1 Å². The molecular weight excluding hydrogens is 733 g/mol. The van der Waals surface area contributed by atoms with Gasteiger partial charge in [0.1, 0.15) is 34.5 Å². The smallest absolute Gasteiger partial charge is 0.413 e. The van der Waals surface area contributed by atoms with Gasteiger partial charge >= 0.3 is 23.0 Å². The molecule has 1 aliphatic rings. The fraction of sp³-hybridized carbons (Fsp3) is 0. The number of para-hydroxylation sites is 1. The van der Waals surface area contributed by atoms with Crippen LogP contribution in [0.2, 0.25) is 0 Å². The highest BCUT2D eigenvalue weighted by molar-refractivity contribution is 7.79. The number of benzene rings is 6. The zero-order valence-electron chi connectivity index (χ0n) is 28.0. The molecule has 1 heterocycles. The maximum atomic E-state index is 6.74. The largest absolute Gasteiger partial charge is 0.460 e. The molecule has 1 unspecified atom stereocenters. The SMILES string of the molecule is Nc1ccc(OP2(Oc3ccccc3)=NP(Oc3ccc(N)cc3)(Oc3ccc(N)cc3)=NP(Oc3ccc(N)cc3)(Oc3ccc(N)cc3)=N2)cc1. The first-order chi connectivity index (χ1) is 25.6. The second-order valence-electron chi connectivity index (χ2n) is 11.4. The Hall–Kier alpha value is -6.19.